The van der Waals surface area contributed by atoms with Crippen LogP contribution in [-0.4, -0.2) is 28.1 Å². The predicted molar refractivity (Wildman–Crippen MR) is 132 cm³/mol. The number of fused-ring (bicyclic) bond motifs is 1. The van der Waals surface area contributed by atoms with Crippen molar-refractivity contribution < 1.29 is 9.53 Å². The van der Waals surface area contributed by atoms with Crippen molar-refractivity contribution in [3.05, 3.63) is 100 Å². The third-order valence-electron chi connectivity index (χ3n) is 4.61. The Hall–Kier alpha value is -2.86. The highest BCUT2D eigenvalue weighted by Crippen LogP contribution is 2.25. The van der Waals surface area contributed by atoms with Gasteiger partial charge in [0.15, 0.2) is 5.78 Å². The number of benzene rings is 3. The highest BCUT2D eigenvalue weighted by atomic mass is 35.5. The van der Waals surface area contributed by atoms with Crippen LogP contribution in [0.5, 0.6) is 5.75 Å². The number of allylic oxidation sites excluding steroid dienone is 1. The van der Waals surface area contributed by atoms with Gasteiger partial charge in [-0.1, -0.05) is 53.5 Å². The van der Waals surface area contributed by atoms with E-state index in [2.05, 4.69) is 9.97 Å². The van der Waals surface area contributed by atoms with Crippen molar-refractivity contribution in [2.24, 2.45) is 0 Å². The fraction of sp³-hybridized carbons (Fsp3) is 0.0800. The number of halogens is 2. The van der Waals surface area contributed by atoms with Gasteiger partial charge in [-0.2, -0.15) is 0 Å². The third kappa shape index (κ3) is 5.68. The lowest BCUT2D eigenvalue weighted by Crippen LogP contribution is -2.01. The van der Waals surface area contributed by atoms with Gasteiger partial charge < -0.3 is 4.74 Å². The van der Waals surface area contributed by atoms with Crippen LogP contribution in [0, 0.1) is 0 Å². The number of carbonyl (C=O) groups excluding carboxylic acids is 1. The number of hydrogen-bond acceptors (Lipinski definition) is 5. The van der Waals surface area contributed by atoms with Gasteiger partial charge >= 0.3 is 0 Å². The molecule has 0 amide bonds. The van der Waals surface area contributed by atoms with E-state index in [1.54, 1.807) is 66.6 Å². The Morgan fingerprint density at radius 2 is 1.78 bits per heavy atom. The van der Waals surface area contributed by atoms with Gasteiger partial charge in [0, 0.05) is 16.7 Å². The summed E-state index contributed by atoms with van der Waals surface area (Å²) in [4.78, 5) is 21.1. The molecule has 4 rings (SSSR count). The van der Waals surface area contributed by atoms with Gasteiger partial charge in [0.2, 0.25) is 0 Å². The molecule has 0 saturated heterocycles. The molecule has 0 atom stereocenters. The Kier molecular flexibility index (Phi) is 7.43. The lowest BCUT2D eigenvalue weighted by atomic mass is 10.1. The van der Waals surface area contributed by atoms with Crippen molar-refractivity contribution in [3.8, 4) is 5.75 Å². The number of para-hydroxylation sites is 1. The van der Waals surface area contributed by atoms with Crippen LogP contribution < -0.4 is 4.74 Å². The molecular weight excluding hydrogens is 463 g/mol. The lowest BCUT2D eigenvalue weighted by molar-refractivity contribution is 0.104. The van der Waals surface area contributed by atoms with Gasteiger partial charge in [-0.25, -0.2) is 9.97 Å². The van der Waals surface area contributed by atoms with E-state index in [0.717, 1.165) is 27.2 Å². The van der Waals surface area contributed by atoms with Crippen LogP contribution >= 0.6 is 35.0 Å². The Morgan fingerprint density at radius 3 is 2.59 bits per heavy atom. The second-order valence-electron chi connectivity index (χ2n) is 6.79. The molecule has 0 unspecified atom stereocenters. The molecule has 4 nitrogen and oxygen atoms in total. The zero-order valence-electron chi connectivity index (χ0n) is 16.9. The SMILES string of the molecule is O=C(/C=C/c1ccc(Cl)c(Cl)c1)c1ccc(OCCSc2ncnc3ccccc23)cc1. The normalized spacial score (nSPS) is 11.2. The van der Waals surface area contributed by atoms with Crippen LogP contribution in [0.25, 0.3) is 17.0 Å². The van der Waals surface area contributed by atoms with E-state index in [0.29, 0.717) is 28.0 Å². The monoisotopic (exact) mass is 480 g/mol. The molecule has 0 spiro atoms. The van der Waals surface area contributed by atoms with Crippen LogP contribution in [0.3, 0.4) is 0 Å². The van der Waals surface area contributed by atoms with Gasteiger partial charge in [-0.3, -0.25) is 4.79 Å². The summed E-state index contributed by atoms with van der Waals surface area (Å²) in [5.41, 5.74) is 2.32. The van der Waals surface area contributed by atoms with Crippen LogP contribution in [0.2, 0.25) is 10.0 Å². The third-order valence-corrected chi connectivity index (χ3v) is 6.32. The Bertz CT molecular complexity index is 1270. The van der Waals surface area contributed by atoms with E-state index in [4.69, 9.17) is 27.9 Å². The average molecular weight is 481 g/mol. The van der Waals surface area contributed by atoms with Crippen LogP contribution in [0.15, 0.2) is 84.2 Å². The molecule has 0 aliphatic heterocycles. The van der Waals surface area contributed by atoms with E-state index in [1.807, 2.05) is 24.3 Å². The molecule has 0 saturated carbocycles. The number of nitrogens with zero attached hydrogens (tertiary/aromatic N) is 2. The lowest BCUT2D eigenvalue weighted by Gasteiger charge is -2.07. The zero-order valence-corrected chi connectivity index (χ0v) is 19.2. The highest BCUT2D eigenvalue weighted by molar-refractivity contribution is 7.99. The van der Waals surface area contributed by atoms with E-state index in [1.165, 1.54) is 6.08 Å². The first kappa shape index (κ1) is 22.3. The molecule has 3 aromatic carbocycles. The standard InChI is InChI=1S/C25H18Cl2N2O2S/c26-21-11-5-17(15-22(21)27)6-12-24(30)18-7-9-19(10-8-18)31-13-14-32-25-20-3-1-2-4-23(20)28-16-29-25/h1-12,15-16H,13-14H2/b12-6+. The highest BCUT2D eigenvalue weighted by Gasteiger charge is 2.05. The molecule has 0 fully saturated rings. The molecule has 0 radical (unpaired) electrons. The summed E-state index contributed by atoms with van der Waals surface area (Å²) in [6.45, 7) is 0.521. The van der Waals surface area contributed by atoms with Gasteiger partial charge in [0.05, 0.1) is 22.2 Å². The largest absolute Gasteiger partial charge is 0.493 e. The van der Waals surface area contributed by atoms with Crippen LogP contribution in [-0.2, 0) is 0 Å². The van der Waals surface area contributed by atoms with Gasteiger partial charge in [0.25, 0.3) is 0 Å². The van der Waals surface area contributed by atoms with Crippen molar-refractivity contribution in [2.75, 3.05) is 12.4 Å². The number of ketones is 1. The molecule has 32 heavy (non-hydrogen) atoms. The first-order valence-electron chi connectivity index (χ1n) is 9.83. The smallest absolute Gasteiger partial charge is 0.185 e. The summed E-state index contributed by atoms with van der Waals surface area (Å²) in [5.74, 6) is 1.35. The molecule has 0 aliphatic carbocycles. The van der Waals surface area contributed by atoms with Gasteiger partial charge in [-0.05, 0) is 54.1 Å². The minimum Gasteiger partial charge on any atom is -0.493 e. The van der Waals surface area contributed by atoms with Gasteiger partial charge in [-0.15, -0.1) is 11.8 Å². The summed E-state index contributed by atoms with van der Waals surface area (Å²) in [6.07, 6.45) is 4.80. The Labute approximate surface area is 200 Å². The molecule has 0 N–H and O–H groups in total. The topological polar surface area (TPSA) is 52.1 Å². The van der Waals surface area contributed by atoms with Crippen molar-refractivity contribution in [3.63, 3.8) is 0 Å². The fourth-order valence-electron chi connectivity index (χ4n) is 2.99. The quantitative estimate of drug-likeness (QED) is 0.0892. The number of thioether (sulfide) groups is 1. The fourth-order valence-corrected chi connectivity index (χ4v) is 4.11. The van der Waals surface area contributed by atoms with E-state index < -0.39 is 0 Å². The molecular formula is C25H18Cl2N2O2S. The van der Waals surface area contributed by atoms with Crippen LogP contribution in [0.1, 0.15) is 15.9 Å². The summed E-state index contributed by atoms with van der Waals surface area (Å²) in [6, 6.07) is 20.2. The first-order chi connectivity index (χ1) is 15.6. The number of ether oxygens (including phenoxy) is 1. The molecule has 1 heterocycles. The Balaban J connectivity index is 1.29. The van der Waals surface area contributed by atoms with Crippen molar-refractivity contribution in [1.82, 2.24) is 9.97 Å². The first-order valence-corrected chi connectivity index (χ1v) is 11.6. The summed E-state index contributed by atoms with van der Waals surface area (Å²) in [7, 11) is 0. The molecule has 0 aliphatic rings. The zero-order chi connectivity index (χ0) is 22.3. The van der Waals surface area contributed by atoms with Crippen LogP contribution in [0.4, 0.5) is 0 Å². The molecule has 4 aromatic rings. The summed E-state index contributed by atoms with van der Waals surface area (Å²) >= 11 is 13.5. The summed E-state index contributed by atoms with van der Waals surface area (Å²) < 4.78 is 5.81. The number of hydrogen-bond donors (Lipinski definition) is 0. The number of aromatic nitrogens is 2. The average Bonchev–Trinajstić information content (AvgIpc) is 2.83. The van der Waals surface area contributed by atoms with E-state index in [9.17, 15) is 4.79 Å². The van der Waals surface area contributed by atoms with Crippen molar-refractivity contribution >= 4 is 57.7 Å². The summed E-state index contributed by atoms with van der Waals surface area (Å²) in [5, 5.41) is 2.91. The maximum absolute atomic E-state index is 12.4. The molecule has 0 bridgehead atoms. The van der Waals surface area contributed by atoms with Crippen molar-refractivity contribution in [1.29, 1.82) is 0 Å². The Morgan fingerprint density at radius 1 is 0.969 bits per heavy atom. The second kappa shape index (κ2) is 10.6. The van der Waals surface area contributed by atoms with Crippen molar-refractivity contribution in [2.45, 2.75) is 5.03 Å². The van der Waals surface area contributed by atoms with Gasteiger partial charge in [0.1, 0.15) is 17.1 Å². The predicted octanol–water partition coefficient (Wildman–Crippen LogP) is 7.00. The molecule has 1 aromatic heterocycles. The number of carbonyl (C=O) groups is 1. The minimum absolute atomic E-state index is 0.103. The maximum Gasteiger partial charge on any atom is 0.185 e. The molecule has 7 heteroatoms. The van der Waals surface area contributed by atoms with E-state index >= 15 is 0 Å². The van der Waals surface area contributed by atoms with E-state index in [-0.39, 0.29) is 5.78 Å². The maximum atomic E-state index is 12.4. The number of rotatable bonds is 8. The minimum atomic E-state index is -0.103. The molecule has 160 valence electrons. The second-order valence-corrected chi connectivity index (χ2v) is 8.69.